The van der Waals surface area contributed by atoms with Gasteiger partial charge in [0.15, 0.2) is 0 Å². The summed E-state index contributed by atoms with van der Waals surface area (Å²) in [5.74, 6) is 0.731. The molecule has 136 valence electrons. The first-order valence-corrected chi connectivity index (χ1v) is 10.3. The quantitative estimate of drug-likeness (QED) is 0.591. The van der Waals surface area contributed by atoms with Gasteiger partial charge < -0.3 is 5.32 Å². The van der Waals surface area contributed by atoms with Gasteiger partial charge in [0.05, 0.1) is 23.7 Å². The molecule has 2 aromatic carbocycles. The lowest BCUT2D eigenvalue weighted by atomic mass is 10.1. The predicted molar refractivity (Wildman–Crippen MR) is 111 cm³/mol. The molecule has 0 aliphatic carbocycles. The van der Waals surface area contributed by atoms with E-state index in [1.54, 1.807) is 47.4 Å². The minimum atomic E-state index is -0.138. The van der Waals surface area contributed by atoms with Crippen LogP contribution < -0.4 is 5.32 Å². The van der Waals surface area contributed by atoms with Crippen molar-refractivity contribution in [2.24, 2.45) is 0 Å². The number of nitrogens with one attached hydrogen (secondary N) is 1. The van der Waals surface area contributed by atoms with Gasteiger partial charge in [0.1, 0.15) is 4.34 Å². The van der Waals surface area contributed by atoms with Gasteiger partial charge in [-0.15, -0.1) is 11.3 Å². The Labute approximate surface area is 167 Å². The zero-order valence-corrected chi connectivity index (χ0v) is 16.8. The van der Waals surface area contributed by atoms with E-state index in [0.29, 0.717) is 11.3 Å². The molecule has 0 radical (unpaired) electrons. The first kappa shape index (κ1) is 19.2. The van der Waals surface area contributed by atoms with Crippen LogP contribution in [0.2, 0.25) is 0 Å². The van der Waals surface area contributed by atoms with E-state index in [4.69, 9.17) is 5.26 Å². The fraction of sp³-hybridized carbons (Fsp3) is 0.190. The SMILES string of the molecule is Cc1ccc(C)c(CSc2nc(CC(=O)Nc3cccc(C#N)c3)cs2)c1. The standard InChI is InChI=1S/C21H19N3OS2/c1-14-6-7-15(2)17(8-14)12-26-21-24-19(13-27-21)10-20(25)23-18-5-3-4-16(9-18)11-22/h3-9,13H,10,12H2,1-2H3,(H,23,25). The molecule has 27 heavy (non-hydrogen) atoms. The van der Waals surface area contributed by atoms with Crippen LogP contribution >= 0.6 is 23.1 Å². The Bertz CT molecular complexity index is 1000. The second-order valence-electron chi connectivity index (χ2n) is 6.24. The molecule has 1 N–H and O–H groups in total. The van der Waals surface area contributed by atoms with Crippen LogP contribution in [-0.4, -0.2) is 10.9 Å². The Kier molecular flexibility index (Phi) is 6.28. The van der Waals surface area contributed by atoms with Gasteiger partial charge in [-0.25, -0.2) is 4.98 Å². The maximum atomic E-state index is 12.2. The number of hydrogen-bond donors (Lipinski definition) is 1. The lowest BCUT2D eigenvalue weighted by molar-refractivity contribution is -0.115. The second kappa shape index (κ2) is 8.85. The number of hydrogen-bond acceptors (Lipinski definition) is 5. The Morgan fingerprint density at radius 1 is 1.26 bits per heavy atom. The molecule has 3 aromatic rings. The highest BCUT2D eigenvalue weighted by atomic mass is 32.2. The minimum Gasteiger partial charge on any atom is -0.326 e. The third-order valence-electron chi connectivity index (χ3n) is 4.00. The highest BCUT2D eigenvalue weighted by Crippen LogP contribution is 2.28. The number of carbonyl (C=O) groups is 1. The summed E-state index contributed by atoms with van der Waals surface area (Å²) in [5.41, 5.74) is 5.76. The molecular weight excluding hydrogens is 374 g/mol. The van der Waals surface area contributed by atoms with E-state index in [0.717, 1.165) is 15.8 Å². The molecule has 0 atom stereocenters. The molecule has 0 unspecified atom stereocenters. The van der Waals surface area contributed by atoms with E-state index >= 15 is 0 Å². The molecule has 0 saturated carbocycles. The van der Waals surface area contributed by atoms with Gasteiger partial charge in [0, 0.05) is 16.8 Å². The molecular formula is C21H19N3OS2. The molecule has 3 rings (SSSR count). The molecule has 0 bridgehead atoms. The fourth-order valence-corrected chi connectivity index (χ4v) is 4.48. The molecule has 0 aliphatic rings. The van der Waals surface area contributed by atoms with Gasteiger partial charge >= 0.3 is 0 Å². The maximum Gasteiger partial charge on any atom is 0.230 e. The van der Waals surface area contributed by atoms with Crippen LogP contribution in [0, 0.1) is 25.2 Å². The summed E-state index contributed by atoms with van der Waals surface area (Å²) >= 11 is 3.25. The summed E-state index contributed by atoms with van der Waals surface area (Å²) in [4.78, 5) is 16.8. The van der Waals surface area contributed by atoms with Gasteiger partial charge in [0.2, 0.25) is 5.91 Å². The maximum absolute atomic E-state index is 12.2. The second-order valence-corrected chi connectivity index (χ2v) is 8.32. The van der Waals surface area contributed by atoms with E-state index in [9.17, 15) is 4.79 Å². The van der Waals surface area contributed by atoms with Crippen molar-refractivity contribution in [1.82, 2.24) is 4.98 Å². The number of thiazole rings is 1. The van der Waals surface area contributed by atoms with Gasteiger partial charge in [0.25, 0.3) is 0 Å². The van der Waals surface area contributed by atoms with E-state index < -0.39 is 0 Å². The van der Waals surface area contributed by atoms with Gasteiger partial charge in [-0.1, -0.05) is 41.6 Å². The van der Waals surface area contributed by atoms with Crippen molar-refractivity contribution >= 4 is 34.7 Å². The summed E-state index contributed by atoms with van der Waals surface area (Å²) in [6, 6.07) is 15.4. The Hall–Kier alpha value is -2.62. The lowest BCUT2D eigenvalue weighted by Crippen LogP contribution is -2.14. The topological polar surface area (TPSA) is 65.8 Å². The first-order chi connectivity index (χ1) is 13.0. The third kappa shape index (κ3) is 5.43. The molecule has 0 saturated heterocycles. The molecule has 1 amide bonds. The minimum absolute atomic E-state index is 0.138. The molecule has 0 fully saturated rings. The number of aryl methyl sites for hydroxylation is 2. The first-order valence-electron chi connectivity index (χ1n) is 8.47. The van der Waals surface area contributed by atoms with Crippen LogP contribution in [0.3, 0.4) is 0 Å². The number of rotatable bonds is 6. The van der Waals surface area contributed by atoms with Crippen molar-refractivity contribution in [2.75, 3.05) is 5.32 Å². The third-order valence-corrected chi connectivity index (χ3v) is 6.12. The van der Waals surface area contributed by atoms with Gasteiger partial charge in [-0.2, -0.15) is 5.26 Å². The molecule has 1 heterocycles. The van der Waals surface area contributed by atoms with Crippen LogP contribution in [0.4, 0.5) is 5.69 Å². The number of benzene rings is 2. The number of amides is 1. The van der Waals surface area contributed by atoms with E-state index in [1.807, 2.05) is 5.38 Å². The number of nitriles is 1. The highest BCUT2D eigenvalue weighted by molar-refractivity contribution is 8.00. The predicted octanol–water partition coefficient (Wildman–Crippen LogP) is 5.11. The average molecular weight is 394 g/mol. The normalized spacial score (nSPS) is 10.4. The Morgan fingerprint density at radius 2 is 2.11 bits per heavy atom. The van der Waals surface area contributed by atoms with Crippen molar-refractivity contribution < 1.29 is 4.79 Å². The summed E-state index contributed by atoms with van der Waals surface area (Å²) in [7, 11) is 0. The van der Waals surface area contributed by atoms with Crippen LogP contribution in [0.15, 0.2) is 52.2 Å². The molecule has 6 heteroatoms. The highest BCUT2D eigenvalue weighted by Gasteiger charge is 2.10. The number of aromatic nitrogens is 1. The van der Waals surface area contributed by atoms with Crippen molar-refractivity contribution in [2.45, 2.75) is 30.4 Å². The number of nitrogens with zero attached hydrogens (tertiary/aromatic N) is 2. The van der Waals surface area contributed by atoms with Crippen LogP contribution in [0.1, 0.15) is 27.9 Å². The summed E-state index contributed by atoms with van der Waals surface area (Å²) in [5, 5.41) is 13.7. The van der Waals surface area contributed by atoms with Crippen molar-refractivity contribution in [1.29, 1.82) is 5.26 Å². The summed E-state index contributed by atoms with van der Waals surface area (Å²) < 4.78 is 0.963. The average Bonchev–Trinajstić information content (AvgIpc) is 3.09. The van der Waals surface area contributed by atoms with E-state index in [2.05, 4.69) is 48.4 Å². The zero-order valence-electron chi connectivity index (χ0n) is 15.2. The molecule has 0 spiro atoms. The van der Waals surface area contributed by atoms with Crippen molar-refractivity contribution in [3.8, 4) is 6.07 Å². The molecule has 0 aliphatic heterocycles. The smallest absolute Gasteiger partial charge is 0.230 e. The van der Waals surface area contributed by atoms with E-state index in [1.165, 1.54) is 16.7 Å². The largest absolute Gasteiger partial charge is 0.326 e. The van der Waals surface area contributed by atoms with Crippen LogP contribution in [0.25, 0.3) is 0 Å². The molecule has 1 aromatic heterocycles. The Balaban J connectivity index is 1.56. The summed E-state index contributed by atoms with van der Waals surface area (Å²) in [6.45, 7) is 4.22. The zero-order chi connectivity index (χ0) is 19.2. The van der Waals surface area contributed by atoms with Gasteiger partial charge in [-0.05, 0) is 43.2 Å². The fourth-order valence-electron chi connectivity index (χ4n) is 2.57. The monoisotopic (exact) mass is 393 g/mol. The summed E-state index contributed by atoms with van der Waals surface area (Å²) in [6.07, 6.45) is 0.220. The van der Waals surface area contributed by atoms with Crippen molar-refractivity contribution in [3.63, 3.8) is 0 Å². The lowest BCUT2D eigenvalue weighted by Gasteiger charge is -2.05. The number of anilines is 1. The van der Waals surface area contributed by atoms with Crippen LogP contribution in [-0.2, 0) is 17.0 Å². The molecule has 4 nitrogen and oxygen atoms in total. The van der Waals surface area contributed by atoms with Gasteiger partial charge in [-0.3, -0.25) is 4.79 Å². The van der Waals surface area contributed by atoms with E-state index in [-0.39, 0.29) is 12.3 Å². The Morgan fingerprint density at radius 3 is 2.93 bits per heavy atom. The number of carbonyl (C=O) groups excluding carboxylic acids is 1. The van der Waals surface area contributed by atoms with Crippen molar-refractivity contribution in [3.05, 3.63) is 75.8 Å². The number of thioether (sulfide) groups is 1. The van der Waals surface area contributed by atoms with Crippen LogP contribution in [0.5, 0.6) is 0 Å².